The lowest BCUT2D eigenvalue weighted by atomic mass is 10.1. The van der Waals surface area contributed by atoms with Gasteiger partial charge in [-0.05, 0) is 113 Å². The van der Waals surface area contributed by atoms with E-state index in [1.807, 2.05) is 6.92 Å². The molecule has 1 N–H and O–H groups in total. The maximum atomic E-state index is 15.6. The number of aromatic carboxylic acids is 1. The Morgan fingerprint density at radius 3 is 1.37 bits per heavy atom. The van der Waals surface area contributed by atoms with Gasteiger partial charge in [0.25, 0.3) is 0 Å². The summed E-state index contributed by atoms with van der Waals surface area (Å²) in [5.74, 6) is -6.12. The van der Waals surface area contributed by atoms with Crippen LogP contribution in [0.3, 0.4) is 0 Å². The van der Waals surface area contributed by atoms with Crippen molar-refractivity contribution in [3.05, 3.63) is 103 Å². The van der Waals surface area contributed by atoms with Crippen LogP contribution in [0.4, 0.5) is 8.78 Å². The number of hydrogen-bond acceptors (Lipinski definition) is 4. The van der Waals surface area contributed by atoms with Crippen LogP contribution < -0.4 is 14.2 Å². The molecule has 0 heterocycles. The first kappa shape index (κ1) is 25.2. The molecule has 0 radical (unpaired) electrons. The van der Waals surface area contributed by atoms with Gasteiger partial charge in [-0.15, -0.1) is 0 Å². The first-order valence-electron chi connectivity index (χ1n) is 10.1. The zero-order valence-electron chi connectivity index (χ0n) is 18.0. The molecule has 0 aliphatic carbocycles. The molecular weight excluding hydrogens is 684 g/mol. The van der Waals surface area contributed by atoms with Crippen molar-refractivity contribution < 1.29 is 32.9 Å². The molecule has 5 nitrogen and oxygen atoms in total. The number of carbonyl (C=O) groups is 1. The van der Waals surface area contributed by atoms with Crippen molar-refractivity contribution in [1.82, 2.24) is 0 Å². The normalized spacial score (nSPS) is 10.7. The molecule has 178 valence electrons. The molecule has 0 bridgehead atoms. The van der Waals surface area contributed by atoms with E-state index in [2.05, 4.69) is 45.2 Å². The number of ether oxygens (including phenoxy) is 3. The quantitative estimate of drug-likeness (QED) is 0.196. The van der Waals surface area contributed by atoms with Gasteiger partial charge in [0.1, 0.15) is 17.2 Å². The highest BCUT2D eigenvalue weighted by Gasteiger charge is 2.33. The fourth-order valence-corrected chi connectivity index (χ4v) is 3.79. The summed E-state index contributed by atoms with van der Waals surface area (Å²) in [7, 11) is 0. The fourth-order valence-electron chi connectivity index (χ4n) is 3.07. The number of carboxylic acids is 1. The number of hydrogen-bond donors (Lipinski definition) is 1. The molecule has 0 spiro atoms. The standard InChI is InChI=1S/C26H16F2I2O5/c1-14-2-8-17(9-3-14)33-23-20(26(31)32)24(34-18-10-4-15(29)5-11-18)22(28)25(21(23)27)35-19-12-6-16(30)7-13-19/h2-13H,1H3,(H,31,32). The Morgan fingerprint density at radius 2 is 1.00 bits per heavy atom. The molecule has 0 amide bonds. The van der Waals surface area contributed by atoms with Gasteiger partial charge in [0.15, 0.2) is 17.1 Å². The summed E-state index contributed by atoms with van der Waals surface area (Å²) in [6.45, 7) is 1.85. The van der Waals surface area contributed by atoms with Crippen LogP contribution in [0.15, 0.2) is 72.8 Å². The van der Waals surface area contributed by atoms with E-state index in [0.717, 1.165) is 12.7 Å². The molecule has 0 saturated carbocycles. The highest BCUT2D eigenvalue weighted by molar-refractivity contribution is 14.1. The number of aryl methyl sites for hydroxylation is 1. The van der Waals surface area contributed by atoms with Gasteiger partial charge >= 0.3 is 5.97 Å². The van der Waals surface area contributed by atoms with Crippen LogP contribution in [0.2, 0.25) is 0 Å². The Morgan fingerprint density at radius 1 is 0.657 bits per heavy atom. The minimum absolute atomic E-state index is 0.146. The maximum Gasteiger partial charge on any atom is 0.343 e. The predicted octanol–water partition coefficient (Wildman–Crippen LogP) is 8.56. The third-order valence-corrected chi connectivity index (χ3v) is 6.21. The summed E-state index contributed by atoms with van der Waals surface area (Å²) in [5.41, 5.74) is 0.106. The summed E-state index contributed by atoms with van der Waals surface area (Å²) < 4.78 is 49.8. The highest BCUT2D eigenvalue weighted by atomic mass is 127. The molecule has 4 aromatic rings. The van der Waals surface area contributed by atoms with E-state index in [1.165, 1.54) is 24.3 Å². The van der Waals surface area contributed by atoms with E-state index in [4.69, 9.17) is 14.2 Å². The minimum atomic E-state index is -1.63. The Labute approximate surface area is 226 Å². The molecule has 0 aliphatic heterocycles. The molecule has 4 aromatic carbocycles. The number of rotatable bonds is 7. The van der Waals surface area contributed by atoms with E-state index in [-0.39, 0.29) is 17.2 Å². The average Bonchev–Trinajstić information content (AvgIpc) is 2.83. The molecule has 0 aromatic heterocycles. The average molecular weight is 700 g/mol. The van der Waals surface area contributed by atoms with E-state index in [9.17, 15) is 9.90 Å². The van der Waals surface area contributed by atoms with Crippen molar-refractivity contribution in [2.24, 2.45) is 0 Å². The SMILES string of the molecule is Cc1ccc(Oc2c(F)c(Oc3ccc(I)cc3)c(F)c(Oc3ccc(I)cc3)c2C(=O)O)cc1. The Bertz CT molecular complexity index is 1300. The first-order valence-corrected chi connectivity index (χ1v) is 12.3. The molecule has 9 heteroatoms. The fraction of sp³-hybridized carbons (Fsp3) is 0.0385. The smallest absolute Gasteiger partial charge is 0.343 e. The van der Waals surface area contributed by atoms with Gasteiger partial charge in [0, 0.05) is 7.14 Å². The molecule has 35 heavy (non-hydrogen) atoms. The summed E-state index contributed by atoms with van der Waals surface area (Å²) >= 11 is 4.16. The van der Waals surface area contributed by atoms with Crippen LogP contribution in [0.5, 0.6) is 34.5 Å². The summed E-state index contributed by atoms with van der Waals surface area (Å²) in [6.07, 6.45) is 0. The molecule has 0 atom stereocenters. The van der Waals surface area contributed by atoms with Gasteiger partial charge in [0.2, 0.25) is 17.4 Å². The molecule has 0 aliphatic rings. The van der Waals surface area contributed by atoms with E-state index in [0.29, 0.717) is 0 Å². The van der Waals surface area contributed by atoms with Gasteiger partial charge in [-0.25, -0.2) is 4.79 Å². The lowest BCUT2D eigenvalue weighted by Crippen LogP contribution is -2.09. The van der Waals surface area contributed by atoms with Crippen molar-refractivity contribution in [2.45, 2.75) is 6.92 Å². The van der Waals surface area contributed by atoms with E-state index in [1.54, 1.807) is 48.5 Å². The summed E-state index contributed by atoms with van der Waals surface area (Å²) in [4.78, 5) is 12.2. The molecule has 0 fully saturated rings. The number of benzene rings is 4. The van der Waals surface area contributed by atoms with Gasteiger partial charge in [-0.1, -0.05) is 17.7 Å². The maximum absolute atomic E-state index is 15.6. The molecular formula is C26H16F2I2O5. The lowest BCUT2D eigenvalue weighted by molar-refractivity contribution is 0.0689. The van der Waals surface area contributed by atoms with Crippen LogP contribution >= 0.6 is 45.2 Å². The monoisotopic (exact) mass is 700 g/mol. The Hall–Kier alpha value is -2.93. The predicted molar refractivity (Wildman–Crippen MR) is 143 cm³/mol. The first-order chi connectivity index (χ1) is 16.7. The second-order valence-corrected chi connectivity index (χ2v) is 9.81. The number of carboxylic acid groups (broad SMARTS) is 1. The highest BCUT2D eigenvalue weighted by Crippen LogP contribution is 2.46. The third kappa shape index (κ3) is 5.84. The molecule has 0 unspecified atom stereocenters. The van der Waals surface area contributed by atoms with E-state index < -0.39 is 40.4 Å². The minimum Gasteiger partial charge on any atom is -0.477 e. The van der Waals surface area contributed by atoms with E-state index >= 15 is 8.78 Å². The Balaban J connectivity index is 1.90. The zero-order valence-corrected chi connectivity index (χ0v) is 22.3. The van der Waals surface area contributed by atoms with Gasteiger partial charge in [0.05, 0.1) is 0 Å². The molecule has 0 saturated heterocycles. The third-order valence-electron chi connectivity index (χ3n) is 4.77. The topological polar surface area (TPSA) is 65.0 Å². The Kier molecular flexibility index (Phi) is 7.75. The van der Waals surface area contributed by atoms with Crippen molar-refractivity contribution in [1.29, 1.82) is 0 Å². The van der Waals surface area contributed by atoms with Crippen LogP contribution in [0.1, 0.15) is 15.9 Å². The van der Waals surface area contributed by atoms with Crippen LogP contribution in [-0.2, 0) is 0 Å². The van der Waals surface area contributed by atoms with Gasteiger partial charge < -0.3 is 19.3 Å². The zero-order chi connectivity index (χ0) is 25.1. The molecule has 4 rings (SSSR count). The van der Waals surface area contributed by atoms with Crippen molar-refractivity contribution in [3.8, 4) is 34.5 Å². The van der Waals surface area contributed by atoms with Gasteiger partial charge in [-0.3, -0.25) is 0 Å². The van der Waals surface area contributed by atoms with Gasteiger partial charge in [-0.2, -0.15) is 8.78 Å². The lowest BCUT2D eigenvalue weighted by Gasteiger charge is -2.19. The largest absolute Gasteiger partial charge is 0.477 e. The van der Waals surface area contributed by atoms with Crippen molar-refractivity contribution in [3.63, 3.8) is 0 Å². The second kappa shape index (κ2) is 10.8. The van der Waals surface area contributed by atoms with Crippen LogP contribution in [-0.4, -0.2) is 11.1 Å². The van der Waals surface area contributed by atoms with Crippen LogP contribution in [0, 0.1) is 25.7 Å². The summed E-state index contributed by atoms with van der Waals surface area (Å²) in [5, 5.41) is 9.91. The van der Waals surface area contributed by atoms with Crippen LogP contribution in [0.25, 0.3) is 0 Å². The second-order valence-electron chi connectivity index (χ2n) is 7.32. The summed E-state index contributed by atoms with van der Waals surface area (Å²) in [6, 6.07) is 19.5. The van der Waals surface area contributed by atoms with Crippen molar-refractivity contribution >= 4 is 51.2 Å². The van der Waals surface area contributed by atoms with Crippen molar-refractivity contribution in [2.75, 3.05) is 0 Å². The number of halogens is 4.